The highest BCUT2D eigenvalue weighted by Crippen LogP contribution is 2.51. The van der Waals surface area contributed by atoms with E-state index in [2.05, 4.69) is 39.1 Å². The number of fused-ring (bicyclic) bond motifs is 2. The van der Waals surface area contributed by atoms with Crippen molar-refractivity contribution in [2.45, 2.75) is 56.5 Å². The molecular weight excluding hydrogens is 368 g/mol. The molecule has 1 heterocycles. The molecule has 5 rings (SSSR count). The standard InChI is InChI=1S/C20H24N2O2S.ClH/c1-2-4-15(5-3-1)17(16-6-7-16)13-23-18-19(22-25-21-18)24-20-10-8-14(12-20)9-11-20;/h1-5,14,16-17H,6-13H2;1H/t14-,17?,20+;. The van der Waals surface area contributed by atoms with E-state index in [1.807, 2.05) is 0 Å². The summed E-state index contributed by atoms with van der Waals surface area (Å²) < 4.78 is 21.2. The second kappa shape index (κ2) is 7.35. The first kappa shape index (κ1) is 18.1. The summed E-state index contributed by atoms with van der Waals surface area (Å²) in [5.41, 5.74) is 1.37. The van der Waals surface area contributed by atoms with Gasteiger partial charge >= 0.3 is 0 Å². The Morgan fingerprint density at radius 1 is 1.04 bits per heavy atom. The van der Waals surface area contributed by atoms with E-state index in [4.69, 9.17) is 9.47 Å². The summed E-state index contributed by atoms with van der Waals surface area (Å²) in [5.74, 6) is 3.25. The normalized spacial score (nSPS) is 27.8. The lowest BCUT2D eigenvalue weighted by molar-refractivity contribution is 0.0700. The Hall–Kier alpha value is -1.33. The predicted octanol–water partition coefficient (Wildman–Crippen LogP) is 5.24. The molecule has 1 unspecified atom stereocenters. The van der Waals surface area contributed by atoms with Crippen molar-refractivity contribution in [1.29, 1.82) is 0 Å². The van der Waals surface area contributed by atoms with Gasteiger partial charge in [-0.3, -0.25) is 0 Å². The number of halogens is 1. The summed E-state index contributed by atoms with van der Waals surface area (Å²) in [6, 6.07) is 10.7. The fraction of sp³-hybridized carbons (Fsp3) is 0.600. The number of benzene rings is 1. The summed E-state index contributed by atoms with van der Waals surface area (Å²) in [4.78, 5) is 0. The Morgan fingerprint density at radius 3 is 2.42 bits per heavy atom. The molecule has 0 aliphatic heterocycles. The van der Waals surface area contributed by atoms with Crippen LogP contribution in [0.25, 0.3) is 0 Å². The molecular formula is C20H25ClN2O2S. The van der Waals surface area contributed by atoms with Gasteiger partial charge in [0, 0.05) is 5.92 Å². The van der Waals surface area contributed by atoms with Crippen LogP contribution in [0.15, 0.2) is 30.3 Å². The average Bonchev–Trinajstić information content (AvgIpc) is 3.09. The number of rotatable bonds is 7. The van der Waals surface area contributed by atoms with Crippen molar-refractivity contribution in [3.05, 3.63) is 35.9 Å². The summed E-state index contributed by atoms with van der Waals surface area (Å²) in [6.07, 6.45) is 8.68. The molecule has 26 heavy (non-hydrogen) atoms. The fourth-order valence-corrected chi connectivity index (χ4v) is 5.12. The van der Waals surface area contributed by atoms with E-state index in [9.17, 15) is 0 Å². The van der Waals surface area contributed by atoms with Crippen molar-refractivity contribution < 1.29 is 9.47 Å². The Balaban J connectivity index is 0.00000168. The van der Waals surface area contributed by atoms with E-state index < -0.39 is 0 Å². The number of aromatic nitrogens is 2. The monoisotopic (exact) mass is 392 g/mol. The SMILES string of the molecule is Cl.c1ccc(C(COc2nsnc2O[C@]23CC[C@@H](CC2)C3)C2CC2)cc1. The van der Waals surface area contributed by atoms with Gasteiger partial charge < -0.3 is 9.47 Å². The first-order chi connectivity index (χ1) is 12.3. The molecule has 0 amide bonds. The average molecular weight is 393 g/mol. The third-order valence-electron chi connectivity index (χ3n) is 6.24. The fourth-order valence-electron chi connectivity index (χ4n) is 4.68. The van der Waals surface area contributed by atoms with Crippen LogP contribution in [0.3, 0.4) is 0 Å². The first-order valence-corrected chi connectivity index (χ1v) is 10.2. The van der Waals surface area contributed by atoms with Crippen LogP contribution >= 0.6 is 24.1 Å². The lowest BCUT2D eigenvalue weighted by Gasteiger charge is -2.26. The third-order valence-corrected chi connectivity index (χ3v) is 6.73. The highest BCUT2D eigenvalue weighted by atomic mass is 35.5. The molecule has 3 aliphatic carbocycles. The maximum absolute atomic E-state index is 6.35. The van der Waals surface area contributed by atoms with Crippen LogP contribution < -0.4 is 9.47 Å². The van der Waals surface area contributed by atoms with Crippen LogP contribution in [0.5, 0.6) is 11.8 Å². The van der Waals surface area contributed by atoms with Gasteiger partial charge in [-0.2, -0.15) is 0 Å². The smallest absolute Gasteiger partial charge is 0.291 e. The van der Waals surface area contributed by atoms with Crippen LogP contribution in [0.4, 0.5) is 0 Å². The molecule has 1 atom stereocenters. The molecule has 140 valence electrons. The first-order valence-electron chi connectivity index (χ1n) is 9.51. The highest BCUT2D eigenvalue weighted by Gasteiger charge is 2.47. The van der Waals surface area contributed by atoms with E-state index in [1.54, 1.807) is 0 Å². The van der Waals surface area contributed by atoms with Crippen molar-refractivity contribution in [2.24, 2.45) is 11.8 Å². The van der Waals surface area contributed by atoms with Gasteiger partial charge in [0.2, 0.25) is 0 Å². The molecule has 0 N–H and O–H groups in total. The third kappa shape index (κ3) is 3.56. The van der Waals surface area contributed by atoms with E-state index in [0.29, 0.717) is 24.3 Å². The highest BCUT2D eigenvalue weighted by molar-refractivity contribution is 6.99. The Morgan fingerprint density at radius 2 is 1.77 bits per heavy atom. The molecule has 2 bridgehead atoms. The molecule has 1 aromatic heterocycles. The van der Waals surface area contributed by atoms with Gasteiger partial charge in [0.25, 0.3) is 11.8 Å². The molecule has 6 heteroatoms. The minimum atomic E-state index is 0. The molecule has 4 nitrogen and oxygen atoms in total. The number of ether oxygens (including phenoxy) is 2. The van der Waals surface area contributed by atoms with Gasteiger partial charge in [0.05, 0.1) is 18.3 Å². The zero-order valence-corrected chi connectivity index (χ0v) is 16.4. The Kier molecular flexibility index (Phi) is 5.11. The van der Waals surface area contributed by atoms with Crippen LogP contribution in [-0.2, 0) is 0 Å². The Labute approximate surface area is 165 Å². The summed E-state index contributed by atoms with van der Waals surface area (Å²) in [7, 11) is 0. The zero-order chi connectivity index (χ0) is 16.7. The van der Waals surface area contributed by atoms with Crippen molar-refractivity contribution >= 4 is 24.1 Å². The molecule has 0 saturated heterocycles. The van der Waals surface area contributed by atoms with Crippen molar-refractivity contribution in [3.63, 3.8) is 0 Å². The maximum atomic E-state index is 6.35. The minimum absolute atomic E-state index is 0. The van der Waals surface area contributed by atoms with Gasteiger partial charge in [-0.15, -0.1) is 21.2 Å². The van der Waals surface area contributed by atoms with E-state index in [1.165, 1.54) is 49.4 Å². The Bertz CT molecular complexity index is 726. The largest absolute Gasteiger partial charge is 0.473 e. The molecule has 2 aromatic rings. The second-order valence-corrected chi connectivity index (χ2v) is 8.50. The number of hydrogen-bond acceptors (Lipinski definition) is 5. The van der Waals surface area contributed by atoms with Crippen molar-refractivity contribution in [1.82, 2.24) is 8.75 Å². The molecule has 0 spiro atoms. The van der Waals surface area contributed by atoms with Crippen molar-refractivity contribution in [3.8, 4) is 11.8 Å². The van der Waals surface area contributed by atoms with Gasteiger partial charge in [0.15, 0.2) is 0 Å². The summed E-state index contributed by atoms with van der Waals surface area (Å²) >= 11 is 1.19. The predicted molar refractivity (Wildman–Crippen MR) is 104 cm³/mol. The molecule has 0 radical (unpaired) electrons. The van der Waals surface area contributed by atoms with E-state index in [-0.39, 0.29) is 18.0 Å². The van der Waals surface area contributed by atoms with Gasteiger partial charge in [-0.05, 0) is 62.3 Å². The van der Waals surface area contributed by atoms with Crippen LogP contribution in [0, 0.1) is 11.8 Å². The minimum Gasteiger partial charge on any atom is -0.473 e. The summed E-state index contributed by atoms with van der Waals surface area (Å²) in [6.45, 7) is 0.659. The van der Waals surface area contributed by atoms with Crippen LogP contribution in [-0.4, -0.2) is 21.0 Å². The second-order valence-electron chi connectivity index (χ2n) is 7.97. The van der Waals surface area contributed by atoms with E-state index in [0.717, 1.165) is 24.7 Å². The number of nitrogens with zero attached hydrogens (tertiary/aromatic N) is 2. The lowest BCUT2D eigenvalue weighted by atomic mass is 9.95. The topological polar surface area (TPSA) is 44.2 Å². The molecule has 1 aromatic carbocycles. The maximum Gasteiger partial charge on any atom is 0.291 e. The zero-order valence-electron chi connectivity index (χ0n) is 14.8. The lowest BCUT2D eigenvalue weighted by Crippen LogP contribution is -2.30. The van der Waals surface area contributed by atoms with Gasteiger partial charge in [-0.25, -0.2) is 0 Å². The molecule has 3 aliphatic rings. The molecule has 3 fully saturated rings. The van der Waals surface area contributed by atoms with Crippen molar-refractivity contribution in [2.75, 3.05) is 6.61 Å². The van der Waals surface area contributed by atoms with Crippen LogP contribution in [0.1, 0.15) is 56.4 Å². The van der Waals surface area contributed by atoms with E-state index >= 15 is 0 Å². The molecule has 3 saturated carbocycles. The summed E-state index contributed by atoms with van der Waals surface area (Å²) in [5, 5.41) is 0. The van der Waals surface area contributed by atoms with Gasteiger partial charge in [-0.1, -0.05) is 30.3 Å². The number of hydrogen-bond donors (Lipinski definition) is 0. The quantitative estimate of drug-likeness (QED) is 0.645. The van der Waals surface area contributed by atoms with Crippen LogP contribution in [0.2, 0.25) is 0 Å². The van der Waals surface area contributed by atoms with Gasteiger partial charge in [0.1, 0.15) is 5.60 Å².